The Morgan fingerprint density at radius 1 is 0.221 bits per heavy atom. The van der Waals surface area contributed by atoms with E-state index in [1.165, 1.54) is 234 Å². The predicted octanol–water partition coefficient (Wildman–Crippen LogP) is 29.8. The van der Waals surface area contributed by atoms with E-state index in [2.05, 4.69) is 600 Å². The first-order chi connectivity index (χ1) is 71.8. The quantitative estimate of drug-likeness (QED) is 0.106. The first kappa shape index (κ1) is 102. The van der Waals surface area contributed by atoms with E-state index in [1.807, 2.05) is 0 Å². The van der Waals surface area contributed by atoms with E-state index in [9.17, 15) is 0 Å². The molecule has 18 heteroatoms. The van der Waals surface area contributed by atoms with Gasteiger partial charge in [-0.3, -0.25) is 28.9 Å². The highest BCUT2D eigenvalue weighted by atomic mass is 15.2. The second kappa shape index (κ2) is 42.9. The highest BCUT2D eigenvalue weighted by Gasteiger charge is 2.45. The van der Waals surface area contributed by atoms with E-state index in [4.69, 9.17) is 0 Å². The Kier molecular flexibility index (Phi) is 29.5. The van der Waals surface area contributed by atoms with Crippen LogP contribution in [0.15, 0.2) is 360 Å². The zero-order valence-electron chi connectivity index (χ0n) is 92.3. The van der Waals surface area contributed by atoms with Crippen molar-refractivity contribution in [1.82, 2.24) is 0 Å². The van der Waals surface area contributed by atoms with Crippen molar-refractivity contribution in [2.75, 3.05) is 28.9 Å². The van der Waals surface area contributed by atoms with Crippen molar-refractivity contribution in [2.45, 2.75) is 150 Å². The largest absolute Gasteiger partial charge is 0.405 e. The number of pyridine rings is 6. The first-order valence-electron chi connectivity index (χ1n) is 53.5. The molecule has 0 unspecified atom stereocenters. The number of fused-ring (bicyclic) bond motifs is 12. The highest BCUT2D eigenvalue weighted by Crippen LogP contribution is 2.45. The van der Waals surface area contributed by atoms with Crippen LogP contribution >= 0.6 is 0 Å². The Morgan fingerprint density at radius 2 is 0.490 bits per heavy atom. The minimum absolute atomic E-state index is 0.331. The molecule has 0 aliphatic carbocycles. The van der Waals surface area contributed by atoms with E-state index < -0.39 is 0 Å². The molecule has 0 radical (unpaired) electrons. The van der Waals surface area contributed by atoms with Crippen LogP contribution in [-0.4, -0.2) is 41.1 Å². The van der Waals surface area contributed by atoms with E-state index in [0.717, 1.165) is 6.42 Å². The van der Waals surface area contributed by atoms with Gasteiger partial charge in [-0.2, -0.15) is 0 Å². The molecule has 6 aliphatic heterocycles. The number of hydrogen-bond donors (Lipinski definition) is 0. The van der Waals surface area contributed by atoms with Crippen molar-refractivity contribution in [2.24, 2.45) is 48.2 Å². The van der Waals surface area contributed by atoms with Gasteiger partial charge in [-0.1, -0.05) is 303 Å². The standard InChI is InChI=1S/C24H28BN2.C23H26BN2.C22H24BN2.2C21H22BN2.C20H20BN2/c1-17(2)14-20-16-24(26(5)23-13-9-7-11-21(20)23)27-22-12-8-6-10-19(22)15-18(3)25(27)4;1-16(2)20-15-23(25(5)22-13-9-7-11-19(20)22)26-21-12-8-6-10-18(21)14-17(3)24(26)4;1-15-9-8-12-20-22(15)16(2)13-21(24(20)5)25-19-11-7-6-10-18(19)14-17(3)23(25)4;1-15-13-21(23(4)20-12-8-6-10-18(15)20)24-19-11-7-5-9-17(19)14-16(2)22(24)3;1-15-8-7-11-20-18(15)12-13-21(23(20)4)24-19-10-6-5-9-17(19)14-16(2)22(24)3;1-15-14-17-9-5-7-11-19(17)23(21(15)2)20-13-12-16-8-4-6-10-18(16)22(20)3/h6-13,15-17H,14H2,1-5H3;6-16H,1-5H3;6-14H,1-5H3;2*5-14H,1-4H3;4-14H,1-3H3/q6*+1. The zero-order valence-corrected chi connectivity index (χ0v) is 92.3. The molecule has 0 saturated heterocycles. The molecule has 0 spiro atoms. The molecule has 12 aromatic carbocycles. The maximum atomic E-state index is 2.50. The summed E-state index contributed by atoms with van der Waals surface area (Å²) in [7, 11) is 13.0. The maximum Gasteiger partial charge on any atom is 0.405 e. The summed E-state index contributed by atoms with van der Waals surface area (Å²) in [6, 6.07) is 118. The highest BCUT2D eigenvalue weighted by molar-refractivity contribution is 6.75. The van der Waals surface area contributed by atoms with Crippen molar-refractivity contribution in [3.05, 3.63) is 427 Å². The lowest BCUT2D eigenvalue weighted by Gasteiger charge is -2.29. The fourth-order valence-electron chi connectivity index (χ4n) is 23.4. The molecule has 18 aromatic rings. The number of hydrogen-bond acceptors (Lipinski definition) is 6. The molecule has 24 rings (SSSR count). The lowest BCUT2D eigenvalue weighted by Crippen LogP contribution is -2.45. The second-order valence-corrected chi connectivity index (χ2v) is 42.9. The molecule has 0 bridgehead atoms. The molecule has 0 N–H and O–H groups in total. The van der Waals surface area contributed by atoms with Crippen LogP contribution < -0.4 is 56.3 Å². The van der Waals surface area contributed by atoms with Gasteiger partial charge in [-0.05, 0) is 247 Å². The molecule has 0 atom stereocenters. The van der Waals surface area contributed by atoms with Gasteiger partial charge >= 0.3 is 41.1 Å². The fourth-order valence-corrected chi connectivity index (χ4v) is 23.4. The van der Waals surface area contributed by atoms with Crippen molar-refractivity contribution >= 4 is 212 Å². The number of anilines is 12. The van der Waals surface area contributed by atoms with Crippen LogP contribution in [-0.2, 0) is 48.7 Å². The first-order valence-corrected chi connectivity index (χ1v) is 53.5. The van der Waals surface area contributed by atoms with Crippen LogP contribution in [0, 0.1) is 33.6 Å². The number of benzene rings is 12. The molecule has 0 amide bonds. The maximum absolute atomic E-state index is 2.50. The van der Waals surface area contributed by atoms with Gasteiger partial charge in [0.15, 0.2) is 0 Å². The summed E-state index contributed by atoms with van der Waals surface area (Å²) in [6.45, 7) is 47.1. The molecule has 6 aliphatic rings. The Morgan fingerprint density at radius 3 is 0.886 bits per heavy atom. The van der Waals surface area contributed by atoms with E-state index in [0.29, 0.717) is 52.9 Å². The van der Waals surface area contributed by atoms with Crippen LogP contribution in [0.25, 0.3) is 102 Å². The molecule has 0 saturated carbocycles. The Hall–Kier alpha value is -15.3. The minimum atomic E-state index is 0.331. The summed E-state index contributed by atoms with van der Waals surface area (Å²) in [5, 5.41) is 7.97. The van der Waals surface area contributed by atoms with Crippen molar-refractivity contribution < 1.29 is 27.4 Å². The van der Waals surface area contributed by atoms with Gasteiger partial charge in [0.25, 0.3) is 34.9 Å². The van der Waals surface area contributed by atoms with E-state index in [-0.39, 0.29) is 0 Å². The van der Waals surface area contributed by atoms with Gasteiger partial charge in [-0.25, -0.2) is 27.4 Å². The average Bonchev–Trinajstić information content (AvgIpc) is 0.753. The number of allylic oxidation sites excluding steroid dienone is 6. The second-order valence-electron chi connectivity index (χ2n) is 42.9. The SMILES string of the molecule is CB1C(C)=Cc2ccccc2N1c1cc(C(C)C)c2ccccc2[n+]1C.CB1C(C)=Cc2ccccc2N1c1cc(C)c2c(C)cccc2[n+]1C.CB1C(C)=Cc2ccccc2N1c1cc(C)c2ccccc2[n+]1C.CB1C(C)=Cc2ccccc2N1c1cc(CC(C)C)c2ccccc2[n+]1C.CB1C(C)=Cc2ccccc2N1c1ccc2c(C)cccc2[n+]1C.CB1C(C)=Cc2ccccc2N1c1ccc2ccccc2[n+]1C. The third-order valence-electron chi connectivity index (χ3n) is 32.5. The Labute approximate surface area is 887 Å². The molecule has 149 heavy (non-hydrogen) atoms. The number of para-hydroxylation sites is 10. The summed E-state index contributed by atoms with van der Waals surface area (Å²) < 4.78 is 13.9. The van der Waals surface area contributed by atoms with Crippen LogP contribution in [0.1, 0.15) is 142 Å². The molecular formula is C131H142B6N12+6. The normalized spacial score (nSPS) is 13.9. The molecule has 0 fully saturated rings. The summed E-state index contributed by atoms with van der Waals surface area (Å²) >= 11 is 0. The van der Waals surface area contributed by atoms with Crippen molar-refractivity contribution in [1.29, 1.82) is 0 Å². The Bertz CT molecular complexity index is 8460. The van der Waals surface area contributed by atoms with Crippen molar-refractivity contribution in [3.63, 3.8) is 0 Å². The number of aromatic nitrogens is 6. The van der Waals surface area contributed by atoms with Crippen LogP contribution in [0.3, 0.4) is 0 Å². The van der Waals surface area contributed by atoms with Gasteiger partial charge in [0.2, 0.25) is 0 Å². The van der Waals surface area contributed by atoms with Gasteiger partial charge in [-0.15, -0.1) is 0 Å². The van der Waals surface area contributed by atoms with Crippen LogP contribution in [0.4, 0.5) is 69.0 Å². The number of rotatable bonds is 9. The topological polar surface area (TPSA) is 42.7 Å². The lowest BCUT2D eigenvalue weighted by molar-refractivity contribution is -0.631. The third kappa shape index (κ3) is 19.5. The van der Waals surface area contributed by atoms with Crippen molar-refractivity contribution in [3.8, 4) is 0 Å². The molecule has 738 valence electrons. The molecule has 12 nitrogen and oxygen atoms in total. The van der Waals surface area contributed by atoms with Gasteiger partial charge in [0.1, 0.15) is 67.2 Å². The van der Waals surface area contributed by atoms with Crippen LogP contribution in [0.5, 0.6) is 0 Å². The molecule has 12 heterocycles. The summed E-state index contributed by atoms with van der Waals surface area (Å²) in [5.74, 6) is 8.53. The Balaban J connectivity index is 0.000000112. The van der Waals surface area contributed by atoms with Crippen LogP contribution in [0.2, 0.25) is 40.9 Å². The zero-order chi connectivity index (χ0) is 105. The summed E-state index contributed by atoms with van der Waals surface area (Å²) in [6.07, 6.45) is 15.0. The fraction of sp³-hybridized carbons (Fsp3) is 0.221. The van der Waals surface area contributed by atoms with E-state index in [1.54, 1.807) is 0 Å². The average molecular weight is 1950 g/mol. The number of aryl methyl sites for hydroxylation is 10. The van der Waals surface area contributed by atoms with Gasteiger partial charge in [0, 0.05) is 102 Å². The number of nitrogens with zero attached hydrogens (tertiary/aromatic N) is 12. The summed E-state index contributed by atoms with van der Waals surface area (Å²) in [5.41, 5.74) is 39.6. The lowest BCUT2D eigenvalue weighted by atomic mass is 9.54. The van der Waals surface area contributed by atoms with E-state index >= 15 is 0 Å². The molecular weight excluding hydrogens is 1810 g/mol. The predicted molar refractivity (Wildman–Crippen MR) is 645 cm³/mol. The monoisotopic (exact) mass is 1950 g/mol. The molecule has 6 aromatic heterocycles. The van der Waals surface area contributed by atoms with Gasteiger partial charge in [0.05, 0.1) is 42.3 Å². The minimum Gasteiger partial charge on any atom is -0.287 e. The smallest absolute Gasteiger partial charge is 0.287 e. The third-order valence-corrected chi connectivity index (χ3v) is 32.5. The summed E-state index contributed by atoms with van der Waals surface area (Å²) in [4.78, 5) is 14.8. The van der Waals surface area contributed by atoms with Gasteiger partial charge < -0.3 is 0 Å².